The summed E-state index contributed by atoms with van der Waals surface area (Å²) in [7, 11) is 1.71. The second kappa shape index (κ2) is 5.16. The van der Waals surface area contributed by atoms with E-state index in [1.807, 2.05) is 13.0 Å². The Morgan fingerprint density at radius 1 is 1.53 bits per heavy atom. The van der Waals surface area contributed by atoms with Crippen LogP contribution in [0.3, 0.4) is 0 Å². The van der Waals surface area contributed by atoms with Crippen LogP contribution in [-0.2, 0) is 0 Å². The number of amides is 1. The molecule has 1 amide bonds. The third-order valence-electron chi connectivity index (χ3n) is 2.15. The van der Waals surface area contributed by atoms with Crippen LogP contribution in [-0.4, -0.2) is 34.8 Å². The number of alkyl halides is 1. The van der Waals surface area contributed by atoms with Gasteiger partial charge in [0.15, 0.2) is 0 Å². The third kappa shape index (κ3) is 2.96. The first-order chi connectivity index (χ1) is 7.06. The molecule has 1 N–H and O–H groups in total. The molecular weight excluding hydrogens is 258 g/mol. The normalized spacial score (nSPS) is 10.1. The van der Waals surface area contributed by atoms with Crippen LogP contribution in [0.1, 0.15) is 15.9 Å². The predicted octanol–water partition coefficient (Wildman–Crippen LogP) is 2.17. The van der Waals surface area contributed by atoms with Crippen LogP contribution in [0.15, 0.2) is 18.2 Å². The van der Waals surface area contributed by atoms with E-state index in [0.717, 1.165) is 10.9 Å². The van der Waals surface area contributed by atoms with Crippen molar-refractivity contribution in [2.45, 2.75) is 6.92 Å². The zero-order chi connectivity index (χ0) is 11.4. The number of hydrogen-bond donors (Lipinski definition) is 1. The number of hydrogen-bond acceptors (Lipinski definition) is 2. The maximum Gasteiger partial charge on any atom is 0.257 e. The van der Waals surface area contributed by atoms with E-state index < -0.39 is 0 Å². The minimum Gasteiger partial charge on any atom is -0.507 e. The van der Waals surface area contributed by atoms with Gasteiger partial charge in [0.05, 0.1) is 5.56 Å². The SMILES string of the molecule is Cc1ccc(C(=O)N(C)CCBr)c(O)c1. The average Bonchev–Trinajstić information content (AvgIpc) is 2.17. The van der Waals surface area contributed by atoms with E-state index in [0.29, 0.717) is 12.1 Å². The highest BCUT2D eigenvalue weighted by Gasteiger charge is 2.14. The molecule has 1 aromatic carbocycles. The van der Waals surface area contributed by atoms with E-state index in [1.165, 1.54) is 0 Å². The van der Waals surface area contributed by atoms with Gasteiger partial charge in [0.1, 0.15) is 5.75 Å². The molecule has 0 aromatic heterocycles. The van der Waals surface area contributed by atoms with Crippen LogP contribution in [0.5, 0.6) is 5.75 Å². The van der Waals surface area contributed by atoms with Gasteiger partial charge in [-0.1, -0.05) is 22.0 Å². The van der Waals surface area contributed by atoms with Gasteiger partial charge in [-0.2, -0.15) is 0 Å². The predicted molar refractivity (Wildman–Crippen MR) is 63.6 cm³/mol. The van der Waals surface area contributed by atoms with Crippen molar-refractivity contribution in [2.75, 3.05) is 18.9 Å². The molecule has 0 fully saturated rings. The van der Waals surface area contributed by atoms with Gasteiger partial charge in [-0.25, -0.2) is 0 Å². The molecule has 0 saturated heterocycles. The highest BCUT2D eigenvalue weighted by atomic mass is 79.9. The zero-order valence-electron chi connectivity index (χ0n) is 8.83. The molecule has 1 rings (SSSR count). The molecule has 82 valence electrons. The molecule has 15 heavy (non-hydrogen) atoms. The second-order valence-electron chi connectivity index (χ2n) is 3.44. The first kappa shape index (κ1) is 12.0. The number of carbonyl (C=O) groups excluding carboxylic acids is 1. The van der Waals surface area contributed by atoms with E-state index in [1.54, 1.807) is 24.1 Å². The van der Waals surface area contributed by atoms with Crippen molar-refractivity contribution in [3.05, 3.63) is 29.3 Å². The number of rotatable bonds is 3. The summed E-state index contributed by atoms with van der Waals surface area (Å²) in [6.45, 7) is 2.49. The lowest BCUT2D eigenvalue weighted by atomic mass is 10.1. The number of phenolic OH excluding ortho intramolecular Hbond substituents is 1. The summed E-state index contributed by atoms with van der Waals surface area (Å²) < 4.78 is 0. The Morgan fingerprint density at radius 3 is 2.73 bits per heavy atom. The summed E-state index contributed by atoms with van der Waals surface area (Å²) >= 11 is 3.26. The summed E-state index contributed by atoms with van der Waals surface area (Å²) in [4.78, 5) is 13.4. The maximum absolute atomic E-state index is 11.8. The van der Waals surface area contributed by atoms with Gasteiger partial charge in [-0.05, 0) is 24.6 Å². The van der Waals surface area contributed by atoms with Gasteiger partial charge in [-0.3, -0.25) is 4.79 Å². The average molecular weight is 272 g/mol. The second-order valence-corrected chi connectivity index (χ2v) is 4.23. The fraction of sp³-hybridized carbons (Fsp3) is 0.364. The minimum absolute atomic E-state index is 0.0430. The standard InChI is InChI=1S/C11H14BrNO2/c1-8-3-4-9(10(14)7-8)11(15)13(2)6-5-12/h3-4,7,14H,5-6H2,1-2H3. The molecule has 3 nitrogen and oxygen atoms in total. The summed E-state index contributed by atoms with van der Waals surface area (Å²) in [6.07, 6.45) is 0. The maximum atomic E-state index is 11.8. The quantitative estimate of drug-likeness (QED) is 0.857. The van der Waals surface area contributed by atoms with Crippen LogP contribution in [0.4, 0.5) is 0 Å². The number of aromatic hydroxyl groups is 1. The number of benzene rings is 1. The fourth-order valence-corrected chi connectivity index (χ4v) is 1.79. The molecule has 4 heteroatoms. The lowest BCUT2D eigenvalue weighted by Crippen LogP contribution is -2.28. The van der Waals surface area contributed by atoms with Crippen molar-refractivity contribution < 1.29 is 9.90 Å². The van der Waals surface area contributed by atoms with E-state index in [4.69, 9.17) is 0 Å². The Labute approximate surface area is 97.8 Å². The molecule has 0 atom stereocenters. The van der Waals surface area contributed by atoms with Gasteiger partial charge < -0.3 is 10.0 Å². The number of phenols is 1. The van der Waals surface area contributed by atoms with E-state index in [-0.39, 0.29) is 11.7 Å². The summed E-state index contributed by atoms with van der Waals surface area (Å²) in [6, 6.07) is 5.06. The molecule has 0 heterocycles. The fourth-order valence-electron chi connectivity index (χ4n) is 1.26. The Balaban J connectivity index is 2.91. The highest BCUT2D eigenvalue weighted by Crippen LogP contribution is 2.19. The minimum atomic E-state index is -0.160. The van der Waals surface area contributed by atoms with E-state index >= 15 is 0 Å². The molecular formula is C11H14BrNO2. The topological polar surface area (TPSA) is 40.5 Å². The van der Waals surface area contributed by atoms with Crippen LogP contribution < -0.4 is 0 Å². The molecule has 0 unspecified atom stereocenters. The van der Waals surface area contributed by atoms with Gasteiger partial charge in [0.2, 0.25) is 0 Å². The van der Waals surface area contributed by atoms with E-state index in [2.05, 4.69) is 15.9 Å². The lowest BCUT2D eigenvalue weighted by molar-refractivity contribution is 0.0801. The highest BCUT2D eigenvalue weighted by molar-refractivity contribution is 9.09. The van der Waals surface area contributed by atoms with Crippen LogP contribution in [0.2, 0.25) is 0 Å². The smallest absolute Gasteiger partial charge is 0.257 e. The van der Waals surface area contributed by atoms with Gasteiger partial charge in [0.25, 0.3) is 5.91 Å². The molecule has 0 saturated carbocycles. The van der Waals surface area contributed by atoms with Crippen molar-refractivity contribution in [1.29, 1.82) is 0 Å². The van der Waals surface area contributed by atoms with Gasteiger partial charge in [-0.15, -0.1) is 0 Å². The molecule has 0 spiro atoms. The molecule has 0 aliphatic rings. The number of nitrogens with zero attached hydrogens (tertiary/aromatic N) is 1. The molecule has 1 aromatic rings. The van der Waals surface area contributed by atoms with Crippen molar-refractivity contribution in [3.63, 3.8) is 0 Å². The molecule has 0 radical (unpaired) electrons. The Hall–Kier alpha value is -1.03. The van der Waals surface area contributed by atoms with Crippen molar-refractivity contribution in [1.82, 2.24) is 4.90 Å². The van der Waals surface area contributed by atoms with Crippen LogP contribution in [0, 0.1) is 6.92 Å². The van der Waals surface area contributed by atoms with Gasteiger partial charge >= 0.3 is 0 Å². The lowest BCUT2D eigenvalue weighted by Gasteiger charge is -2.16. The first-order valence-corrected chi connectivity index (χ1v) is 5.79. The van der Waals surface area contributed by atoms with Crippen LogP contribution >= 0.6 is 15.9 Å². The van der Waals surface area contributed by atoms with E-state index in [9.17, 15) is 9.90 Å². The summed E-state index contributed by atoms with van der Waals surface area (Å²) in [5.74, 6) is -0.117. The largest absolute Gasteiger partial charge is 0.507 e. The number of aryl methyl sites for hydroxylation is 1. The monoisotopic (exact) mass is 271 g/mol. The Morgan fingerprint density at radius 2 is 2.20 bits per heavy atom. The van der Waals surface area contributed by atoms with Crippen molar-refractivity contribution >= 4 is 21.8 Å². The Kier molecular flexibility index (Phi) is 4.15. The molecule has 0 bridgehead atoms. The first-order valence-electron chi connectivity index (χ1n) is 4.67. The van der Waals surface area contributed by atoms with Gasteiger partial charge in [0, 0.05) is 18.9 Å². The van der Waals surface area contributed by atoms with Crippen molar-refractivity contribution in [2.24, 2.45) is 0 Å². The summed E-state index contributed by atoms with van der Waals surface area (Å²) in [5.41, 5.74) is 1.29. The summed E-state index contributed by atoms with van der Waals surface area (Å²) in [5, 5.41) is 10.3. The molecule has 0 aliphatic heterocycles. The Bertz CT molecular complexity index is 366. The van der Waals surface area contributed by atoms with Crippen LogP contribution in [0.25, 0.3) is 0 Å². The van der Waals surface area contributed by atoms with Crippen molar-refractivity contribution in [3.8, 4) is 5.75 Å². The number of halogens is 1. The molecule has 0 aliphatic carbocycles. The zero-order valence-corrected chi connectivity index (χ0v) is 10.4. The third-order valence-corrected chi connectivity index (χ3v) is 2.50. The number of carbonyl (C=O) groups is 1.